The summed E-state index contributed by atoms with van der Waals surface area (Å²) in [4.78, 5) is 2.48. The third-order valence-corrected chi connectivity index (χ3v) is 4.15. The Hall–Kier alpha value is -0.0800. The van der Waals surface area contributed by atoms with Gasteiger partial charge in [0.25, 0.3) is 0 Å². The maximum absolute atomic E-state index is 5.92. The molecule has 2 fully saturated rings. The van der Waals surface area contributed by atoms with Gasteiger partial charge in [-0.3, -0.25) is 4.90 Å². The molecule has 0 aliphatic heterocycles. The zero-order valence-electron chi connectivity index (χ0n) is 8.21. The summed E-state index contributed by atoms with van der Waals surface area (Å²) in [6, 6.07) is 0. The molecule has 0 heterocycles. The van der Waals surface area contributed by atoms with E-state index in [0.29, 0.717) is 5.54 Å². The number of rotatable bonds is 3. The van der Waals surface area contributed by atoms with Gasteiger partial charge in [-0.15, -0.1) is 0 Å². The maximum Gasteiger partial charge on any atom is 0.0359 e. The van der Waals surface area contributed by atoms with E-state index >= 15 is 0 Å². The van der Waals surface area contributed by atoms with Crippen molar-refractivity contribution in [2.75, 3.05) is 20.1 Å². The van der Waals surface area contributed by atoms with Crippen LogP contribution in [0.3, 0.4) is 0 Å². The number of hydrogen-bond acceptors (Lipinski definition) is 2. The largest absolute Gasteiger partial charge is 0.329 e. The SMILES string of the molecule is CCN(C)C1(CN)CCC2CC21. The molecule has 0 aromatic rings. The van der Waals surface area contributed by atoms with Crippen molar-refractivity contribution in [2.24, 2.45) is 17.6 Å². The van der Waals surface area contributed by atoms with Crippen molar-refractivity contribution in [1.29, 1.82) is 0 Å². The Labute approximate surface area is 75.1 Å². The monoisotopic (exact) mass is 168 g/mol. The van der Waals surface area contributed by atoms with Gasteiger partial charge in [0, 0.05) is 12.1 Å². The summed E-state index contributed by atoms with van der Waals surface area (Å²) in [5.74, 6) is 1.97. The fourth-order valence-corrected chi connectivity index (χ4v) is 3.04. The zero-order chi connectivity index (χ0) is 8.77. The van der Waals surface area contributed by atoms with E-state index in [1.54, 1.807) is 0 Å². The summed E-state index contributed by atoms with van der Waals surface area (Å²) in [6.45, 7) is 4.23. The van der Waals surface area contributed by atoms with Crippen molar-refractivity contribution in [2.45, 2.75) is 31.7 Å². The van der Waals surface area contributed by atoms with Crippen LogP contribution < -0.4 is 5.73 Å². The molecule has 0 aromatic heterocycles. The third kappa shape index (κ3) is 0.944. The lowest BCUT2D eigenvalue weighted by atomic mass is 9.91. The van der Waals surface area contributed by atoms with Crippen LogP contribution in [0.25, 0.3) is 0 Å². The first-order valence-electron chi connectivity index (χ1n) is 5.16. The smallest absolute Gasteiger partial charge is 0.0359 e. The summed E-state index contributed by atoms with van der Waals surface area (Å²) in [7, 11) is 2.23. The second-order valence-electron chi connectivity index (χ2n) is 4.46. The quantitative estimate of drug-likeness (QED) is 0.683. The van der Waals surface area contributed by atoms with Crippen molar-refractivity contribution in [3.8, 4) is 0 Å². The van der Waals surface area contributed by atoms with Crippen molar-refractivity contribution < 1.29 is 0 Å². The van der Waals surface area contributed by atoms with Crippen LogP contribution in [0.5, 0.6) is 0 Å². The fraction of sp³-hybridized carbons (Fsp3) is 1.00. The fourth-order valence-electron chi connectivity index (χ4n) is 3.04. The Morgan fingerprint density at radius 1 is 1.58 bits per heavy atom. The van der Waals surface area contributed by atoms with Crippen LogP contribution in [0.2, 0.25) is 0 Å². The Morgan fingerprint density at radius 2 is 2.33 bits per heavy atom. The molecule has 2 N–H and O–H groups in total. The standard InChI is InChI=1S/C10H20N2/c1-3-12(2)10(7-11)5-4-8-6-9(8)10/h8-9H,3-7,11H2,1-2H3. The van der Waals surface area contributed by atoms with Crippen molar-refractivity contribution >= 4 is 0 Å². The lowest BCUT2D eigenvalue weighted by molar-refractivity contribution is 0.115. The lowest BCUT2D eigenvalue weighted by Gasteiger charge is -2.39. The summed E-state index contributed by atoms with van der Waals surface area (Å²) in [5, 5.41) is 0. The van der Waals surface area contributed by atoms with E-state index in [1.165, 1.54) is 19.3 Å². The molecular weight excluding hydrogens is 148 g/mol. The molecule has 0 radical (unpaired) electrons. The molecule has 0 aromatic carbocycles. The van der Waals surface area contributed by atoms with Gasteiger partial charge in [-0.1, -0.05) is 6.92 Å². The first-order valence-corrected chi connectivity index (χ1v) is 5.16. The minimum absolute atomic E-state index is 0.388. The highest BCUT2D eigenvalue weighted by Crippen LogP contribution is 2.58. The van der Waals surface area contributed by atoms with Crippen LogP contribution in [-0.4, -0.2) is 30.6 Å². The van der Waals surface area contributed by atoms with E-state index in [9.17, 15) is 0 Å². The highest BCUT2D eigenvalue weighted by molar-refractivity contribution is 5.12. The normalized spacial score (nSPS) is 45.0. The van der Waals surface area contributed by atoms with Gasteiger partial charge >= 0.3 is 0 Å². The first kappa shape index (κ1) is 8.52. The van der Waals surface area contributed by atoms with Gasteiger partial charge in [0.1, 0.15) is 0 Å². The van der Waals surface area contributed by atoms with Crippen LogP contribution in [0.15, 0.2) is 0 Å². The van der Waals surface area contributed by atoms with Crippen LogP contribution in [0, 0.1) is 11.8 Å². The van der Waals surface area contributed by atoms with E-state index in [-0.39, 0.29) is 0 Å². The predicted octanol–water partition coefficient (Wildman–Crippen LogP) is 1.07. The number of nitrogens with zero attached hydrogens (tertiary/aromatic N) is 1. The van der Waals surface area contributed by atoms with Gasteiger partial charge < -0.3 is 5.73 Å². The minimum Gasteiger partial charge on any atom is -0.329 e. The Kier molecular flexibility index (Phi) is 1.92. The molecule has 0 spiro atoms. The summed E-state index contributed by atoms with van der Waals surface area (Å²) < 4.78 is 0. The minimum atomic E-state index is 0.388. The molecule has 12 heavy (non-hydrogen) atoms. The second kappa shape index (κ2) is 2.71. The van der Waals surface area contributed by atoms with Crippen LogP contribution >= 0.6 is 0 Å². The highest BCUT2D eigenvalue weighted by Gasteiger charge is 2.58. The number of fused-ring (bicyclic) bond motifs is 1. The van der Waals surface area contributed by atoms with E-state index < -0.39 is 0 Å². The van der Waals surface area contributed by atoms with Crippen LogP contribution in [-0.2, 0) is 0 Å². The molecule has 0 bridgehead atoms. The molecule has 2 nitrogen and oxygen atoms in total. The summed E-state index contributed by atoms with van der Waals surface area (Å²) >= 11 is 0. The Balaban J connectivity index is 2.13. The molecule has 2 saturated carbocycles. The molecule has 2 aliphatic rings. The third-order valence-electron chi connectivity index (χ3n) is 4.15. The van der Waals surface area contributed by atoms with Crippen molar-refractivity contribution in [1.82, 2.24) is 4.90 Å². The van der Waals surface area contributed by atoms with E-state index in [4.69, 9.17) is 5.73 Å². The Morgan fingerprint density at radius 3 is 2.67 bits per heavy atom. The van der Waals surface area contributed by atoms with Crippen LogP contribution in [0.4, 0.5) is 0 Å². The molecule has 3 atom stereocenters. The predicted molar refractivity (Wildman–Crippen MR) is 50.9 cm³/mol. The van der Waals surface area contributed by atoms with E-state index in [1.807, 2.05) is 0 Å². The van der Waals surface area contributed by atoms with E-state index in [0.717, 1.165) is 24.9 Å². The maximum atomic E-state index is 5.92. The molecule has 2 heteroatoms. The number of hydrogen-bond donors (Lipinski definition) is 1. The molecule has 0 amide bonds. The molecule has 3 unspecified atom stereocenters. The zero-order valence-corrected chi connectivity index (χ0v) is 8.21. The van der Waals surface area contributed by atoms with Gasteiger partial charge in [-0.2, -0.15) is 0 Å². The van der Waals surface area contributed by atoms with Crippen molar-refractivity contribution in [3.05, 3.63) is 0 Å². The summed E-state index contributed by atoms with van der Waals surface area (Å²) in [6.07, 6.45) is 4.21. The van der Waals surface area contributed by atoms with Gasteiger partial charge in [0.05, 0.1) is 0 Å². The molecule has 0 saturated heterocycles. The molecule has 70 valence electrons. The first-order chi connectivity index (χ1) is 5.74. The van der Waals surface area contributed by atoms with Gasteiger partial charge in [0.2, 0.25) is 0 Å². The number of likely N-dealkylation sites (N-methyl/N-ethyl adjacent to an activating group) is 1. The van der Waals surface area contributed by atoms with E-state index in [2.05, 4.69) is 18.9 Å². The molecular formula is C10H20N2. The second-order valence-corrected chi connectivity index (χ2v) is 4.46. The summed E-state index contributed by atoms with van der Waals surface area (Å²) in [5.41, 5.74) is 6.31. The average molecular weight is 168 g/mol. The van der Waals surface area contributed by atoms with Gasteiger partial charge in [0.15, 0.2) is 0 Å². The van der Waals surface area contributed by atoms with Crippen LogP contribution in [0.1, 0.15) is 26.2 Å². The topological polar surface area (TPSA) is 29.3 Å². The molecule has 2 aliphatic carbocycles. The van der Waals surface area contributed by atoms with Crippen molar-refractivity contribution in [3.63, 3.8) is 0 Å². The Bertz CT molecular complexity index is 181. The average Bonchev–Trinajstić information content (AvgIpc) is 2.81. The highest BCUT2D eigenvalue weighted by atomic mass is 15.2. The lowest BCUT2D eigenvalue weighted by Crippen LogP contribution is -2.52. The van der Waals surface area contributed by atoms with Gasteiger partial charge in [-0.05, 0) is 44.7 Å². The van der Waals surface area contributed by atoms with Gasteiger partial charge in [-0.25, -0.2) is 0 Å². The molecule has 2 rings (SSSR count). The number of nitrogens with two attached hydrogens (primary N) is 1.